The Morgan fingerprint density at radius 1 is 0.857 bits per heavy atom. The molecular formula is C23H25N3O2. The standard InChI is InChI=1S/C23H25N3O2/c1-2-3-14-24-23(28)18-9-11-20(12-10-18)26-22(27)16-25-21-13-8-17-6-4-5-7-19(17)15-21/h4-13,15,25H,2-3,14,16H2,1H3,(H,24,28)(H,26,27). The summed E-state index contributed by atoms with van der Waals surface area (Å²) >= 11 is 0. The van der Waals surface area contributed by atoms with Crippen molar-refractivity contribution in [3.8, 4) is 0 Å². The number of fused-ring (bicyclic) bond motifs is 1. The van der Waals surface area contributed by atoms with Gasteiger partial charge in [-0.25, -0.2) is 0 Å². The fraction of sp³-hybridized carbons (Fsp3) is 0.217. The van der Waals surface area contributed by atoms with Crippen molar-refractivity contribution in [2.45, 2.75) is 19.8 Å². The van der Waals surface area contributed by atoms with Crippen molar-refractivity contribution >= 4 is 34.0 Å². The van der Waals surface area contributed by atoms with Crippen molar-refractivity contribution < 1.29 is 9.59 Å². The van der Waals surface area contributed by atoms with E-state index in [2.05, 4.69) is 28.9 Å². The first-order chi connectivity index (χ1) is 13.7. The topological polar surface area (TPSA) is 70.2 Å². The molecule has 5 heteroatoms. The molecule has 0 spiro atoms. The lowest BCUT2D eigenvalue weighted by Gasteiger charge is -2.09. The second-order valence-corrected chi connectivity index (χ2v) is 6.65. The Morgan fingerprint density at radius 3 is 2.32 bits per heavy atom. The van der Waals surface area contributed by atoms with Crippen LogP contribution in [0.25, 0.3) is 10.8 Å². The van der Waals surface area contributed by atoms with Crippen molar-refractivity contribution in [2.24, 2.45) is 0 Å². The average molecular weight is 375 g/mol. The van der Waals surface area contributed by atoms with Gasteiger partial charge in [-0.1, -0.05) is 43.7 Å². The van der Waals surface area contributed by atoms with E-state index in [1.807, 2.05) is 36.4 Å². The zero-order valence-corrected chi connectivity index (χ0v) is 16.0. The first-order valence-corrected chi connectivity index (χ1v) is 9.56. The summed E-state index contributed by atoms with van der Waals surface area (Å²) < 4.78 is 0. The average Bonchev–Trinajstić information content (AvgIpc) is 2.73. The van der Waals surface area contributed by atoms with Gasteiger partial charge in [0.1, 0.15) is 0 Å². The fourth-order valence-electron chi connectivity index (χ4n) is 2.87. The van der Waals surface area contributed by atoms with Gasteiger partial charge >= 0.3 is 0 Å². The van der Waals surface area contributed by atoms with Crippen LogP contribution in [-0.2, 0) is 4.79 Å². The van der Waals surface area contributed by atoms with E-state index < -0.39 is 0 Å². The first kappa shape index (κ1) is 19.4. The van der Waals surface area contributed by atoms with Crippen LogP contribution in [0.4, 0.5) is 11.4 Å². The maximum atomic E-state index is 12.2. The summed E-state index contributed by atoms with van der Waals surface area (Å²) in [6.07, 6.45) is 2.00. The summed E-state index contributed by atoms with van der Waals surface area (Å²) in [5, 5.41) is 11.1. The third kappa shape index (κ3) is 5.33. The number of nitrogens with one attached hydrogen (secondary N) is 3. The summed E-state index contributed by atoms with van der Waals surface area (Å²) in [6.45, 7) is 2.92. The fourth-order valence-corrected chi connectivity index (χ4v) is 2.87. The molecular weight excluding hydrogens is 350 g/mol. The molecule has 2 amide bonds. The third-order valence-electron chi connectivity index (χ3n) is 4.45. The van der Waals surface area contributed by atoms with Crippen LogP contribution in [0.5, 0.6) is 0 Å². The van der Waals surface area contributed by atoms with E-state index in [4.69, 9.17) is 0 Å². The maximum Gasteiger partial charge on any atom is 0.251 e. The Morgan fingerprint density at radius 2 is 1.57 bits per heavy atom. The number of anilines is 2. The molecule has 0 bridgehead atoms. The van der Waals surface area contributed by atoms with Gasteiger partial charge in [-0.15, -0.1) is 0 Å². The number of benzene rings is 3. The molecule has 0 fully saturated rings. The van der Waals surface area contributed by atoms with Crippen LogP contribution in [0.3, 0.4) is 0 Å². The van der Waals surface area contributed by atoms with Crippen molar-refractivity contribution in [2.75, 3.05) is 23.7 Å². The molecule has 0 saturated carbocycles. The molecule has 0 aliphatic heterocycles. The van der Waals surface area contributed by atoms with Crippen molar-refractivity contribution in [3.05, 3.63) is 72.3 Å². The number of unbranched alkanes of at least 4 members (excludes halogenated alkanes) is 1. The zero-order valence-electron chi connectivity index (χ0n) is 16.0. The highest BCUT2D eigenvalue weighted by molar-refractivity contribution is 5.97. The number of carbonyl (C=O) groups excluding carboxylic acids is 2. The Bertz CT molecular complexity index is 951. The van der Waals surface area contributed by atoms with E-state index in [-0.39, 0.29) is 18.4 Å². The molecule has 144 valence electrons. The van der Waals surface area contributed by atoms with Gasteiger partial charge in [-0.2, -0.15) is 0 Å². The second-order valence-electron chi connectivity index (χ2n) is 6.65. The van der Waals surface area contributed by atoms with Crippen molar-refractivity contribution in [3.63, 3.8) is 0 Å². The number of amides is 2. The highest BCUT2D eigenvalue weighted by Gasteiger charge is 2.06. The molecule has 3 N–H and O–H groups in total. The molecule has 0 atom stereocenters. The summed E-state index contributed by atoms with van der Waals surface area (Å²) in [5.41, 5.74) is 2.15. The van der Waals surface area contributed by atoms with Gasteiger partial charge in [0.25, 0.3) is 5.91 Å². The Balaban J connectivity index is 1.50. The van der Waals surface area contributed by atoms with Crippen LogP contribution in [0.2, 0.25) is 0 Å². The molecule has 0 saturated heterocycles. The molecule has 0 radical (unpaired) electrons. The molecule has 3 aromatic carbocycles. The first-order valence-electron chi connectivity index (χ1n) is 9.56. The number of hydrogen-bond acceptors (Lipinski definition) is 3. The molecule has 0 heterocycles. The van der Waals surface area contributed by atoms with Gasteiger partial charge in [0.2, 0.25) is 5.91 Å². The smallest absolute Gasteiger partial charge is 0.251 e. The van der Waals surface area contributed by atoms with Crippen LogP contribution < -0.4 is 16.0 Å². The molecule has 0 aliphatic carbocycles. The normalized spacial score (nSPS) is 10.5. The predicted octanol–water partition coefficient (Wildman–Crippen LogP) is 4.42. The molecule has 5 nitrogen and oxygen atoms in total. The van der Waals surface area contributed by atoms with E-state index in [0.717, 1.165) is 29.3 Å². The lowest BCUT2D eigenvalue weighted by atomic mass is 10.1. The minimum atomic E-state index is -0.145. The third-order valence-corrected chi connectivity index (χ3v) is 4.45. The van der Waals surface area contributed by atoms with E-state index in [1.54, 1.807) is 24.3 Å². The molecule has 28 heavy (non-hydrogen) atoms. The predicted molar refractivity (Wildman–Crippen MR) is 115 cm³/mol. The van der Waals surface area contributed by atoms with E-state index in [9.17, 15) is 9.59 Å². The van der Waals surface area contributed by atoms with Gasteiger partial charge < -0.3 is 16.0 Å². The lowest BCUT2D eigenvalue weighted by molar-refractivity contribution is -0.114. The second kappa shape index (κ2) is 9.55. The lowest BCUT2D eigenvalue weighted by Crippen LogP contribution is -2.24. The van der Waals surface area contributed by atoms with Gasteiger partial charge in [0.05, 0.1) is 6.54 Å². The van der Waals surface area contributed by atoms with Crippen LogP contribution >= 0.6 is 0 Å². The Labute approximate surface area is 165 Å². The minimum absolute atomic E-state index is 0.0932. The molecule has 0 aromatic heterocycles. The monoisotopic (exact) mass is 375 g/mol. The molecule has 3 aromatic rings. The maximum absolute atomic E-state index is 12.2. The Hall–Kier alpha value is -3.34. The molecule has 3 rings (SSSR count). The minimum Gasteiger partial charge on any atom is -0.376 e. The van der Waals surface area contributed by atoms with Gasteiger partial charge in [0.15, 0.2) is 0 Å². The van der Waals surface area contributed by atoms with Crippen LogP contribution in [-0.4, -0.2) is 24.9 Å². The summed E-state index contributed by atoms with van der Waals surface area (Å²) in [5.74, 6) is -0.238. The van der Waals surface area contributed by atoms with Crippen LogP contribution in [0.15, 0.2) is 66.7 Å². The summed E-state index contributed by atoms with van der Waals surface area (Å²) in [4.78, 5) is 24.2. The van der Waals surface area contributed by atoms with E-state index in [0.29, 0.717) is 17.8 Å². The van der Waals surface area contributed by atoms with E-state index >= 15 is 0 Å². The van der Waals surface area contributed by atoms with Crippen molar-refractivity contribution in [1.29, 1.82) is 0 Å². The van der Waals surface area contributed by atoms with Crippen LogP contribution in [0, 0.1) is 0 Å². The van der Waals surface area contributed by atoms with Gasteiger partial charge in [-0.3, -0.25) is 9.59 Å². The van der Waals surface area contributed by atoms with Gasteiger partial charge in [-0.05, 0) is 53.6 Å². The quantitative estimate of drug-likeness (QED) is 0.511. The van der Waals surface area contributed by atoms with E-state index in [1.165, 1.54) is 0 Å². The summed E-state index contributed by atoms with van der Waals surface area (Å²) in [6, 6.07) is 21.0. The zero-order chi connectivity index (χ0) is 19.8. The number of rotatable bonds is 8. The number of carbonyl (C=O) groups is 2. The van der Waals surface area contributed by atoms with Crippen LogP contribution in [0.1, 0.15) is 30.1 Å². The highest BCUT2D eigenvalue weighted by Crippen LogP contribution is 2.18. The largest absolute Gasteiger partial charge is 0.376 e. The highest BCUT2D eigenvalue weighted by atomic mass is 16.2. The van der Waals surface area contributed by atoms with Crippen molar-refractivity contribution in [1.82, 2.24) is 5.32 Å². The number of hydrogen-bond donors (Lipinski definition) is 3. The SMILES string of the molecule is CCCCNC(=O)c1ccc(NC(=O)CNc2ccc3ccccc3c2)cc1. The Kier molecular flexibility index (Phi) is 6.63. The molecule has 0 aliphatic rings. The van der Waals surface area contributed by atoms with Gasteiger partial charge in [0, 0.05) is 23.5 Å². The molecule has 0 unspecified atom stereocenters. The summed E-state index contributed by atoms with van der Waals surface area (Å²) in [7, 11) is 0.